The van der Waals surface area contributed by atoms with Crippen LogP contribution in [0, 0.1) is 6.92 Å². The second-order valence-corrected chi connectivity index (χ2v) is 8.11. The summed E-state index contributed by atoms with van der Waals surface area (Å²) in [5, 5.41) is 6.40. The first-order chi connectivity index (χ1) is 14.9. The summed E-state index contributed by atoms with van der Waals surface area (Å²) in [5.74, 6) is -0.549. The van der Waals surface area contributed by atoms with Gasteiger partial charge in [-0.1, -0.05) is 0 Å². The minimum Gasteiger partial charge on any atom is -0.351 e. The largest absolute Gasteiger partial charge is 0.435 e. The third-order valence-corrected chi connectivity index (χ3v) is 5.20. The molecule has 3 heterocycles. The fourth-order valence-electron chi connectivity index (χ4n) is 3.39. The Morgan fingerprint density at radius 3 is 2.53 bits per heavy atom. The number of fused-ring (bicyclic) bond motifs is 1. The molecule has 7 nitrogen and oxygen atoms in total. The number of hydrogen-bond acceptors (Lipinski definition) is 4. The van der Waals surface area contributed by atoms with Gasteiger partial charge in [0.1, 0.15) is 5.69 Å². The maximum Gasteiger partial charge on any atom is 0.435 e. The lowest BCUT2D eigenvalue weighted by molar-refractivity contribution is -0.141. The van der Waals surface area contributed by atoms with Gasteiger partial charge in [0.15, 0.2) is 17.0 Å². The van der Waals surface area contributed by atoms with Gasteiger partial charge >= 0.3 is 11.6 Å². The third-order valence-electron chi connectivity index (χ3n) is 5.01. The van der Waals surface area contributed by atoms with Crippen LogP contribution in [0.25, 0.3) is 5.65 Å². The maximum atomic E-state index is 13.7. The van der Waals surface area contributed by atoms with Crippen molar-refractivity contribution in [3.05, 3.63) is 46.7 Å². The van der Waals surface area contributed by atoms with Crippen LogP contribution in [-0.2, 0) is 18.1 Å². The highest BCUT2D eigenvalue weighted by Gasteiger charge is 2.37. The van der Waals surface area contributed by atoms with Crippen LogP contribution in [-0.4, -0.2) is 36.8 Å². The van der Waals surface area contributed by atoms with Crippen LogP contribution in [0.4, 0.5) is 22.0 Å². The van der Waals surface area contributed by atoms with E-state index in [1.54, 1.807) is 0 Å². The Hall–Kier alpha value is -2.76. The summed E-state index contributed by atoms with van der Waals surface area (Å²) in [6.07, 6.45) is -2.55. The van der Waals surface area contributed by atoms with Crippen molar-refractivity contribution >= 4 is 23.2 Å². The molecule has 3 aromatic rings. The van der Waals surface area contributed by atoms with Crippen molar-refractivity contribution < 1.29 is 26.7 Å². The third kappa shape index (κ3) is 4.69. The number of alkyl halides is 6. The average molecular weight is 477 g/mol. The fraction of sp³-hybridized carbons (Fsp3) is 0.474. The Kier molecular flexibility index (Phi) is 5.60. The van der Waals surface area contributed by atoms with Crippen LogP contribution in [0.5, 0.6) is 0 Å². The van der Waals surface area contributed by atoms with Crippen molar-refractivity contribution in [1.29, 1.82) is 0 Å². The quantitative estimate of drug-likeness (QED) is 0.314. The van der Waals surface area contributed by atoms with Crippen molar-refractivity contribution in [2.45, 2.75) is 50.2 Å². The van der Waals surface area contributed by atoms with Gasteiger partial charge in [-0.2, -0.15) is 32.1 Å². The van der Waals surface area contributed by atoms with Crippen LogP contribution in [0.1, 0.15) is 58.4 Å². The molecule has 0 bridgehead atoms. The number of aromatic nitrogens is 5. The molecule has 1 aliphatic rings. The maximum absolute atomic E-state index is 13.7. The summed E-state index contributed by atoms with van der Waals surface area (Å²) in [6.45, 7) is 1.83. The number of aryl methyl sites for hydroxylation is 2. The van der Waals surface area contributed by atoms with Crippen molar-refractivity contribution in [3.8, 4) is 0 Å². The molecule has 0 radical (unpaired) electrons. The highest BCUT2D eigenvalue weighted by Crippen LogP contribution is 2.42. The molecule has 0 aromatic carbocycles. The SMILES string of the molecule is Cc1cc(C(F)(F)Cl)n2nc(C(=O)NCCCn3nc(C(F)(F)F)cc3C3CC3)cc2n1. The standard InChI is InChI=1S/C19H18ClF5N6O/c1-10-7-15(18(20,21)22)31-16(27-10)8-12(28-31)17(32)26-5-2-6-30-13(11-3-4-11)9-14(29-30)19(23,24)25/h7-9,11H,2-6H2,1H3,(H,26,32). The van der Waals surface area contributed by atoms with E-state index in [4.69, 9.17) is 11.6 Å². The van der Waals surface area contributed by atoms with Crippen molar-refractivity contribution in [3.63, 3.8) is 0 Å². The molecule has 1 saturated carbocycles. The van der Waals surface area contributed by atoms with Gasteiger partial charge in [0, 0.05) is 36.5 Å². The lowest BCUT2D eigenvalue weighted by Crippen LogP contribution is -2.26. The van der Waals surface area contributed by atoms with E-state index in [0.717, 1.165) is 29.5 Å². The van der Waals surface area contributed by atoms with E-state index in [-0.39, 0.29) is 36.0 Å². The first-order valence-electron chi connectivity index (χ1n) is 9.81. The molecule has 1 N–H and O–H groups in total. The number of carbonyl (C=O) groups excluding carboxylic acids is 1. The number of nitrogens with one attached hydrogen (secondary N) is 1. The van der Waals surface area contributed by atoms with E-state index in [1.807, 2.05) is 0 Å². The molecule has 3 aromatic heterocycles. The van der Waals surface area contributed by atoms with E-state index in [9.17, 15) is 26.7 Å². The predicted octanol–water partition coefficient (Wildman–Crippen LogP) is 4.24. The summed E-state index contributed by atoms with van der Waals surface area (Å²) in [6, 6.07) is 3.40. The number of carbonyl (C=O) groups is 1. The van der Waals surface area contributed by atoms with Crippen LogP contribution in [0.2, 0.25) is 0 Å². The topological polar surface area (TPSA) is 77.1 Å². The smallest absolute Gasteiger partial charge is 0.351 e. The molecule has 0 atom stereocenters. The van der Waals surface area contributed by atoms with Gasteiger partial charge in [-0.15, -0.1) is 0 Å². The second kappa shape index (κ2) is 7.98. The van der Waals surface area contributed by atoms with Gasteiger partial charge in [0.05, 0.1) is 0 Å². The first kappa shape index (κ1) is 22.4. The zero-order valence-corrected chi connectivity index (χ0v) is 17.5. The summed E-state index contributed by atoms with van der Waals surface area (Å²) in [5.41, 5.74) is -0.822. The predicted molar refractivity (Wildman–Crippen MR) is 104 cm³/mol. The normalized spacial score (nSPS) is 14.8. The van der Waals surface area contributed by atoms with E-state index in [0.29, 0.717) is 12.1 Å². The van der Waals surface area contributed by atoms with Gasteiger partial charge in [0.25, 0.3) is 5.91 Å². The van der Waals surface area contributed by atoms with E-state index < -0.39 is 28.9 Å². The van der Waals surface area contributed by atoms with E-state index in [1.165, 1.54) is 17.7 Å². The second-order valence-electron chi connectivity index (χ2n) is 7.64. The number of amides is 1. The van der Waals surface area contributed by atoms with Gasteiger partial charge < -0.3 is 5.32 Å². The number of rotatable bonds is 7. The Morgan fingerprint density at radius 2 is 1.91 bits per heavy atom. The summed E-state index contributed by atoms with van der Waals surface area (Å²) < 4.78 is 68.3. The fourth-order valence-corrected chi connectivity index (χ4v) is 3.53. The number of nitrogens with zero attached hydrogens (tertiary/aromatic N) is 5. The molecule has 172 valence electrons. The monoisotopic (exact) mass is 476 g/mol. The van der Waals surface area contributed by atoms with Gasteiger partial charge in [-0.3, -0.25) is 9.48 Å². The van der Waals surface area contributed by atoms with Gasteiger partial charge in [-0.25, -0.2) is 9.50 Å². The van der Waals surface area contributed by atoms with E-state index in [2.05, 4.69) is 20.5 Å². The average Bonchev–Trinajstić information content (AvgIpc) is 3.28. The van der Waals surface area contributed by atoms with Crippen LogP contribution < -0.4 is 5.32 Å². The lowest BCUT2D eigenvalue weighted by atomic mass is 10.2. The number of halogens is 6. The molecule has 0 unspecified atom stereocenters. The Labute approximate surface area is 183 Å². The molecule has 4 rings (SSSR count). The Balaban J connectivity index is 1.41. The van der Waals surface area contributed by atoms with Crippen LogP contribution in [0.15, 0.2) is 18.2 Å². The lowest BCUT2D eigenvalue weighted by Gasteiger charge is -2.10. The van der Waals surface area contributed by atoms with Crippen molar-refractivity contribution in [2.75, 3.05) is 6.54 Å². The molecule has 1 aliphatic carbocycles. The van der Waals surface area contributed by atoms with E-state index >= 15 is 0 Å². The zero-order valence-electron chi connectivity index (χ0n) is 16.8. The molecule has 0 aliphatic heterocycles. The highest BCUT2D eigenvalue weighted by molar-refractivity contribution is 6.21. The molecule has 0 spiro atoms. The summed E-state index contributed by atoms with van der Waals surface area (Å²) in [4.78, 5) is 16.5. The Bertz CT molecular complexity index is 1160. The number of hydrogen-bond donors (Lipinski definition) is 1. The highest BCUT2D eigenvalue weighted by atomic mass is 35.5. The molecular weight excluding hydrogens is 459 g/mol. The molecule has 13 heteroatoms. The zero-order chi connectivity index (χ0) is 23.3. The van der Waals surface area contributed by atoms with Crippen molar-refractivity contribution in [1.82, 2.24) is 29.7 Å². The van der Waals surface area contributed by atoms with Crippen molar-refractivity contribution in [2.24, 2.45) is 0 Å². The molecule has 32 heavy (non-hydrogen) atoms. The summed E-state index contributed by atoms with van der Waals surface area (Å²) >= 11 is 5.13. The van der Waals surface area contributed by atoms with Gasteiger partial charge in [0.2, 0.25) is 0 Å². The first-order valence-corrected chi connectivity index (χ1v) is 10.2. The Morgan fingerprint density at radius 1 is 1.19 bits per heavy atom. The minimum atomic E-state index is -4.52. The summed E-state index contributed by atoms with van der Waals surface area (Å²) in [7, 11) is 0. The van der Waals surface area contributed by atoms with Crippen LogP contribution >= 0.6 is 11.6 Å². The molecule has 0 saturated heterocycles. The minimum absolute atomic E-state index is 0.0378. The molecular formula is C19H18ClF5N6O. The van der Waals surface area contributed by atoms with Crippen LogP contribution in [0.3, 0.4) is 0 Å². The van der Waals surface area contributed by atoms with Gasteiger partial charge in [-0.05, 0) is 49.9 Å². The molecule has 1 amide bonds. The molecule has 1 fully saturated rings.